The van der Waals surface area contributed by atoms with Crippen LogP contribution in [0.2, 0.25) is 5.02 Å². The van der Waals surface area contributed by atoms with Gasteiger partial charge in [0.25, 0.3) is 0 Å². The third-order valence-electron chi connectivity index (χ3n) is 3.13. The molecule has 0 unspecified atom stereocenters. The maximum absolute atomic E-state index is 5.99. The zero-order valence-corrected chi connectivity index (χ0v) is 11.6. The van der Waals surface area contributed by atoms with Gasteiger partial charge in [-0.2, -0.15) is 0 Å². The maximum Gasteiger partial charge on any atom is 0.122 e. The van der Waals surface area contributed by atoms with E-state index in [0.29, 0.717) is 0 Å². The molecule has 0 spiro atoms. The summed E-state index contributed by atoms with van der Waals surface area (Å²) >= 11 is 5.99. The van der Waals surface area contributed by atoms with Gasteiger partial charge in [-0.1, -0.05) is 11.6 Å². The lowest BCUT2D eigenvalue weighted by Gasteiger charge is -2.10. The number of hydrogen-bond donors (Lipinski definition) is 2. The fraction of sp³-hybridized carbons (Fsp3) is 0.571. The minimum atomic E-state index is 0.765. The monoisotopic (exact) mass is 268 g/mol. The SMILES string of the molecule is COc1ccc(Cl)cc1CCNCCNC1CC1. The number of benzene rings is 1. The quantitative estimate of drug-likeness (QED) is 0.710. The molecule has 0 radical (unpaired) electrons. The van der Waals surface area contributed by atoms with Gasteiger partial charge < -0.3 is 15.4 Å². The van der Waals surface area contributed by atoms with E-state index < -0.39 is 0 Å². The van der Waals surface area contributed by atoms with Gasteiger partial charge in [-0.15, -0.1) is 0 Å². The van der Waals surface area contributed by atoms with Gasteiger partial charge >= 0.3 is 0 Å². The number of rotatable bonds is 8. The standard InChI is InChI=1S/C14H21ClN2O/c1-18-14-5-2-12(15)10-11(14)6-7-16-8-9-17-13-3-4-13/h2,5,10,13,16-17H,3-4,6-9H2,1H3. The third-order valence-corrected chi connectivity index (χ3v) is 3.36. The molecule has 0 aromatic heterocycles. The number of methoxy groups -OCH3 is 1. The number of ether oxygens (including phenoxy) is 1. The van der Waals surface area contributed by atoms with Gasteiger partial charge in [0.05, 0.1) is 7.11 Å². The van der Waals surface area contributed by atoms with E-state index in [4.69, 9.17) is 16.3 Å². The highest BCUT2D eigenvalue weighted by molar-refractivity contribution is 6.30. The average Bonchev–Trinajstić information content (AvgIpc) is 3.18. The number of halogens is 1. The molecule has 1 fully saturated rings. The van der Waals surface area contributed by atoms with Crippen LogP contribution in [0.5, 0.6) is 5.75 Å². The second kappa shape index (κ2) is 6.98. The molecule has 3 nitrogen and oxygen atoms in total. The second-order valence-electron chi connectivity index (χ2n) is 4.68. The first kappa shape index (κ1) is 13.7. The topological polar surface area (TPSA) is 33.3 Å². The molecule has 0 aliphatic heterocycles. The molecule has 1 aliphatic carbocycles. The molecule has 1 aliphatic rings. The lowest BCUT2D eigenvalue weighted by Crippen LogP contribution is -2.29. The highest BCUT2D eigenvalue weighted by Gasteiger charge is 2.19. The van der Waals surface area contributed by atoms with E-state index in [1.54, 1.807) is 7.11 Å². The van der Waals surface area contributed by atoms with Crippen molar-refractivity contribution >= 4 is 11.6 Å². The first-order chi connectivity index (χ1) is 8.79. The Bertz CT molecular complexity index is 380. The van der Waals surface area contributed by atoms with Crippen molar-refractivity contribution in [2.24, 2.45) is 0 Å². The molecule has 18 heavy (non-hydrogen) atoms. The van der Waals surface area contributed by atoms with Gasteiger partial charge in [0.2, 0.25) is 0 Å². The minimum absolute atomic E-state index is 0.765. The fourth-order valence-corrected chi connectivity index (χ4v) is 2.14. The van der Waals surface area contributed by atoms with Crippen LogP contribution in [0.15, 0.2) is 18.2 Å². The van der Waals surface area contributed by atoms with Gasteiger partial charge in [-0.3, -0.25) is 0 Å². The van der Waals surface area contributed by atoms with E-state index in [9.17, 15) is 0 Å². The van der Waals surface area contributed by atoms with Crippen molar-refractivity contribution in [2.45, 2.75) is 25.3 Å². The summed E-state index contributed by atoms with van der Waals surface area (Å²) in [4.78, 5) is 0. The van der Waals surface area contributed by atoms with Crippen molar-refractivity contribution in [2.75, 3.05) is 26.7 Å². The Hall–Kier alpha value is -0.770. The summed E-state index contributed by atoms with van der Waals surface area (Å²) in [6, 6.07) is 6.55. The number of hydrogen-bond acceptors (Lipinski definition) is 3. The first-order valence-electron chi connectivity index (χ1n) is 6.56. The molecule has 2 N–H and O–H groups in total. The molecule has 0 heterocycles. The second-order valence-corrected chi connectivity index (χ2v) is 5.12. The van der Waals surface area contributed by atoms with Gasteiger partial charge in [0, 0.05) is 24.2 Å². The van der Waals surface area contributed by atoms with Crippen LogP contribution >= 0.6 is 11.6 Å². The van der Waals surface area contributed by atoms with Crippen LogP contribution in [-0.2, 0) is 6.42 Å². The van der Waals surface area contributed by atoms with Gasteiger partial charge in [-0.05, 0) is 49.6 Å². The molecular weight excluding hydrogens is 248 g/mol. The average molecular weight is 269 g/mol. The van der Waals surface area contributed by atoms with Gasteiger partial charge in [-0.25, -0.2) is 0 Å². The molecule has 2 rings (SSSR count). The van der Waals surface area contributed by atoms with Crippen LogP contribution in [0.1, 0.15) is 18.4 Å². The molecule has 0 atom stereocenters. The highest BCUT2D eigenvalue weighted by atomic mass is 35.5. The lowest BCUT2D eigenvalue weighted by molar-refractivity contribution is 0.409. The molecule has 1 aromatic carbocycles. The van der Waals surface area contributed by atoms with Crippen molar-refractivity contribution in [1.82, 2.24) is 10.6 Å². The summed E-state index contributed by atoms with van der Waals surface area (Å²) in [6.45, 7) is 3.01. The molecule has 4 heteroatoms. The van der Waals surface area contributed by atoms with Crippen molar-refractivity contribution in [3.8, 4) is 5.75 Å². The van der Waals surface area contributed by atoms with Gasteiger partial charge in [0.15, 0.2) is 0 Å². The van der Waals surface area contributed by atoms with E-state index in [2.05, 4.69) is 10.6 Å². The Kier molecular flexibility index (Phi) is 5.29. The van der Waals surface area contributed by atoms with E-state index in [1.807, 2.05) is 18.2 Å². The molecular formula is C14H21ClN2O. The molecule has 0 amide bonds. The first-order valence-corrected chi connectivity index (χ1v) is 6.94. The van der Waals surface area contributed by atoms with E-state index in [0.717, 1.165) is 48.4 Å². The van der Waals surface area contributed by atoms with Crippen molar-refractivity contribution in [1.29, 1.82) is 0 Å². The van der Waals surface area contributed by atoms with Crippen molar-refractivity contribution in [3.63, 3.8) is 0 Å². The Morgan fingerprint density at radius 3 is 2.83 bits per heavy atom. The zero-order chi connectivity index (χ0) is 12.8. The van der Waals surface area contributed by atoms with Crippen LogP contribution in [0.4, 0.5) is 0 Å². The normalized spacial score (nSPS) is 14.8. The van der Waals surface area contributed by atoms with Crippen LogP contribution in [0.3, 0.4) is 0 Å². The Labute approximate surface area is 114 Å². The highest BCUT2D eigenvalue weighted by Crippen LogP contribution is 2.22. The molecule has 100 valence electrons. The molecule has 0 bridgehead atoms. The summed E-state index contributed by atoms with van der Waals surface area (Å²) in [5.41, 5.74) is 1.16. The maximum atomic E-state index is 5.99. The summed E-state index contributed by atoms with van der Waals surface area (Å²) in [7, 11) is 1.69. The summed E-state index contributed by atoms with van der Waals surface area (Å²) < 4.78 is 5.32. The predicted octanol–water partition coefficient (Wildman–Crippen LogP) is 2.23. The summed E-state index contributed by atoms with van der Waals surface area (Å²) in [6.07, 6.45) is 3.63. The third kappa shape index (κ3) is 4.48. The lowest BCUT2D eigenvalue weighted by atomic mass is 10.1. The largest absolute Gasteiger partial charge is 0.496 e. The Morgan fingerprint density at radius 1 is 1.28 bits per heavy atom. The molecule has 1 saturated carbocycles. The van der Waals surface area contributed by atoms with E-state index >= 15 is 0 Å². The zero-order valence-electron chi connectivity index (χ0n) is 10.8. The van der Waals surface area contributed by atoms with E-state index in [-0.39, 0.29) is 0 Å². The molecule has 1 aromatic rings. The van der Waals surface area contributed by atoms with Crippen LogP contribution in [0.25, 0.3) is 0 Å². The molecule has 0 saturated heterocycles. The van der Waals surface area contributed by atoms with E-state index in [1.165, 1.54) is 12.8 Å². The van der Waals surface area contributed by atoms with Crippen LogP contribution in [0, 0.1) is 0 Å². The minimum Gasteiger partial charge on any atom is -0.496 e. The number of nitrogens with one attached hydrogen (secondary N) is 2. The smallest absolute Gasteiger partial charge is 0.122 e. The Morgan fingerprint density at radius 2 is 2.11 bits per heavy atom. The predicted molar refractivity (Wildman–Crippen MR) is 75.6 cm³/mol. The Balaban J connectivity index is 1.66. The van der Waals surface area contributed by atoms with Crippen LogP contribution < -0.4 is 15.4 Å². The van der Waals surface area contributed by atoms with Gasteiger partial charge in [0.1, 0.15) is 5.75 Å². The van der Waals surface area contributed by atoms with Crippen molar-refractivity contribution in [3.05, 3.63) is 28.8 Å². The summed E-state index contributed by atoms with van der Waals surface area (Å²) in [5.74, 6) is 0.914. The summed E-state index contributed by atoms with van der Waals surface area (Å²) in [5, 5.41) is 7.67. The fourth-order valence-electron chi connectivity index (χ4n) is 1.94. The van der Waals surface area contributed by atoms with Crippen LogP contribution in [-0.4, -0.2) is 32.8 Å². The van der Waals surface area contributed by atoms with Crippen molar-refractivity contribution < 1.29 is 4.74 Å².